The Bertz CT molecular complexity index is 503. The molecule has 0 amide bonds. The number of hydrogen-bond donors (Lipinski definition) is 3. The van der Waals surface area contributed by atoms with Crippen LogP contribution in [0.1, 0.15) is 40.0 Å². The summed E-state index contributed by atoms with van der Waals surface area (Å²) in [5.74, 6) is -2.06. The van der Waals surface area contributed by atoms with Crippen LogP contribution in [-0.2, 0) is 19.1 Å². The van der Waals surface area contributed by atoms with Crippen LogP contribution in [0, 0.1) is 11.8 Å². The van der Waals surface area contributed by atoms with E-state index in [1.807, 2.05) is 0 Å². The number of ether oxygens (including phenoxy) is 1. The van der Waals surface area contributed by atoms with Crippen LogP contribution < -0.4 is 11.5 Å². The first-order chi connectivity index (χ1) is 11.0. The lowest BCUT2D eigenvalue weighted by molar-refractivity contribution is -0.151. The van der Waals surface area contributed by atoms with Crippen LogP contribution in [0.4, 0.5) is 0 Å². The Morgan fingerprint density at radius 3 is 2.25 bits per heavy atom. The third-order valence-corrected chi connectivity index (χ3v) is 7.35. The molecule has 0 radical (unpaired) electrons. The molecule has 0 aromatic rings. The van der Waals surface area contributed by atoms with Gasteiger partial charge in [-0.1, -0.05) is 13.8 Å². The van der Waals surface area contributed by atoms with Gasteiger partial charge in [0.05, 0.1) is 19.6 Å². The zero-order chi connectivity index (χ0) is 18.7. The van der Waals surface area contributed by atoms with Crippen LogP contribution in [-0.4, -0.2) is 52.0 Å². The molecule has 8 heteroatoms. The summed E-state index contributed by atoms with van der Waals surface area (Å²) in [7, 11) is 1.15. The first kappa shape index (κ1) is 20.9. The first-order valence-electron chi connectivity index (χ1n) is 8.02. The van der Waals surface area contributed by atoms with Crippen molar-refractivity contribution < 1.29 is 24.2 Å². The normalized spacial score (nSPS) is 30.4. The predicted molar refractivity (Wildman–Crippen MR) is 92.6 cm³/mol. The molecule has 24 heavy (non-hydrogen) atoms. The van der Waals surface area contributed by atoms with Crippen LogP contribution in [0.15, 0.2) is 0 Å². The lowest BCUT2D eigenvalue weighted by atomic mass is 9.91. The molecule has 1 fully saturated rings. The van der Waals surface area contributed by atoms with Crippen molar-refractivity contribution in [3.63, 3.8) is 0 Å². The molecule has 7 nitrogen and oxygen atoms in total. The van der Waals surface area contributed by atoms with Crippen molar-refractivity contribution in [3.8, 4) is 0 Å². The molecule has 1 rings (SSSR count). The molecular weight excluding hydrogens is 332 g/mol. The summed E-state index contributed by atoms with van der Waals surface area (Å²) in [5.41, 5.74) is 9.78. The number of carboxylic acids is 1. The van der Waals surface area contributed by atoms with Crippen LogP contribution in [0.3, 0.4) is 0 Å². The van der Waals surface area contributed by atoms with Crippen molar-refractivity contribution >= 4 is 29.5 Å². The Morgan fingerprint density at radius 2 is 1.83 bits per heavy atom. The minimum absolute atomic E-state index is 0.0109. The quantitative estimate of drug-likeness (QED) is 0.427. The van der Waals surface area contributed by atoms with Gasteiger partial charge in [-0.15, -0.1) is 0 Å². The molecule has 5 N–H and O–H groups in total. The summed E-state index contributed by atoms with van der Waals surface area (Å²) < 4.78 is 4.58. The number of hydrogen-bond acceptors (Lipinski definition) is 7. The molecule has 4 atom stereocenters. The Morgan fingerprint density at radius 1 is 1.33 bits per heavy atom. The molecule has 0 heterocycles. The van der Waals surface area contributed by atoms with E-state index < -0.39 is 35.7 Å². The number of nitrogens with two attached hydrogens (primary N) is 2. The highest BCUT2D eigenvalue weighted by molar-refractivity contribution is 8.00. The second-order valence-electron chi connectivity index (χ2n) is 6.88. The molecule has 0 spiro atoms. The molecule has 2 unspecified atom stereocenters. The van der Waals surface area contributed by atoms with Crippen LogP contribution in [0.25, 0.3) is 0 Å². The Kier molecular flexibility index (Phi) is 6.84. The van der Waals surface area contributed by atoms with Gasteiger partial charge in [0.15, 0.2) is 11.3 Å². The van der Waals surface area contributed by atoms with Crippen molar-refractivity contribution in [3.05, 3.63) is 0 Å². The van der Waals surface area contributed by atoms with Gasteiger partial charge >= 0.3 is 11.9 Å². The highest BCUT2D eigenvalue weighted by atomic mass is 32.2. The van der Waals surface area contributed by atoms with Gasteiger partial charge in [0.1, 0.15) is 0 Å². The zero-order valence-corrected chi connectivity index (χ0v) is 15.5. The maximum absolute atomic E-state index is 12.5. The molecule has 1 aliphatic rings. The highest BCUT2D eigenvalue weighted by Gasteiger charge is 2.50. The molecule has 0 aromatic carbocycles. The predicted octanol–water partition coefficient (Wildman–Crippen LogP) is 0.786. The third kappa shape index (κ3) is 4.10. The number of Topliss-reactive ketones (excluding diaryl/α,β-unsaturated/α-hetero) is 1. The SMILES string of the molecule is COC(=O)[C@@](N)(CSC1(C)C(C)CCC1C)C(=O)[C@@H](N)CC(=O)O. The van der Waals surface area contributed by atoms with Gasteiger partial charge < -0.3 is 21.3 Å². The van der Waals surface area contributed by atoms with Gasteiger partial charge in [-0.3, -0.25) is 9.59 Å². The van der Waals surface area contributed by atoms with E-state index >= 15 is 0 Å². The largest absolute Gasteiger partial charge is 0.481 e. The number of thioether (sulfide) groups is 1. The number of carboxylic acid groups (broad SMARTS) is 1. The number of carbonyl (C=O) groups is 3. The summed E-state index contributed by atoms with van der Waals surface area (Å²) in [6.45, 7) is 6.40. The van der Waals surface area contributed by atoms with Gasteiger partial charge in [0.25, 0.3) is 0 Å². The first-order valence-corrected chi connectivity index (χ1v) is 9.00. The van der Waals surface area contributed by atoms with E-state index in [4.69, 9.17) is 21.3 Å². The minimum Gasteiger partial charge on any atom is -0.481 e. The molecule has 0 bridgehead atoms. The fraction of sp³-hybridized carbons (Fsp3) is 0.812. The van der Waals surface area contributed by atoms with Crippen molar-refractivity contribution in [2.75, 3.05) is 12.9 Å². The maximum atomic E-state index is 12.5. The Labute approximate surface area is 146 Å². The molecule has 138 valence electrons. The Hall–Kier alpha value is -1.12. The molecule has 0 saturated heterocycles. The number of methoxy groups -OCH3 is 1. The van der Waals surface area contributed by atoms with Gasteiger partial charge in [-0.05, 0) is 31.6 Å². The summed E-state index contributed by atoms with van der Waals surface area (Å²) in [6, 6.07) is -1.35. The van der Waals surface area contributed by atoms with E-state index in [2.05, 4.69) is 20.8 Å². The molecular formula is C16H28N2O5S. The van der Waals surface area contributed by atoms with Gasteiger partial charge in [0, 0.05) is 10.5 Å². The van der Waals surface area contributed by atoms with Crippen LogP contribution >= 0.6 is 11.8 Å². The van der Waals surface area contributed by atoms with Crippen LogP contribution in [0.5, 0.6) is 0 Å². The number of aliphatic carboxylic acids is 1. The zero-order valence-electron chi connectivity index (χ0n) is 14.7. The fourth-order valence-corrected chi connectivity index (χ4v) is 4.74. The van der Waals surface area contributed by atoms with E-state index in [0.29, 0.717) is 11.8 Å². The van der Waals surface area contributed by atoms with Gasteiger partial charge in [0.2, 0.25) is 0 Å². The smallest absolute Gasteiger partial charge is 0.334 e. The minimum atomic E-state index is -1.95. The summed E-state index contributed by atoms with van der Waals surface area (Å²) in [6.07, 6.45) is 1.57. The second kappa shape index (κ2) is 7.84. The van der Waals surface area contributed by atoms with E-state index in [0.717, 1.165) is 20.0 Å². The monoisotopic (exact) mass is 360 g/mol. The van der Waals surface area contributed by atoms with Crippen LogP contribution in [0.2, 0.25) is 0 Å². The topological polar surface area (TPSA) is 133 Å². The maximum Gasteiger partial charge on any atom is 0.334 e. The average molecular weight is 360 g/mol. The molecule has 0 aliphatic heterocycles. The Balaban J connectivity index is 2.98. The van der Waals surface area contributed by atoms with E-state index in [1.165, 1.54) is 11.8 Å². The van der Waals surface area contributed by atoms with E-state index in [1.54, 1.807) is 0 Å². The number of esters is 1. The van der Waals surface area contributed by atoms with Crippen molar-refractivity contribution in [1.82, 2.24) is 0 Å². The summed E-state index contributed by atoms with van der Waals surface area (Å²) >= 11 is 1.47. The number of rotatable bonds is 8. The second-order valence-corrected chi connectivity index (χ2v) is 8.34. The van der Waals surface area contributed by atoms with Crippen molar-refractivity contribution in [2.45, 2.75) is 56.4 Å². The van der Waals surface area contributed by atoms with Crippen molar-refractivity contribution in [1.29, 1.82) is 0 Å². The molecule has 1 aliphatic carbocycles. The van der Waals surface area contributed by atoms with Gasteiger partial charge in [-0.25, -0.2) is 4.79 Å². The van der Waals surface area contributed by atoms with Gasteiger partial charge in [-0.2, -0.15) is 11.8 Å². The van der Waals surface area contributed by atoms with Crippen molar-refractivity contribution in [2.24, 2.45) is 23.3 Å². The third-order valence-electron chi connectivity index (χ3n) is 5.32. The molecule has 0 aromatic heterocycles. The average Bonchev–Trinajstić information content (AvgIpc) is 2.78. The number of carbonyl (C=O) groups excluding carboxylic acids is 2. The standard InChI is InChI=1S/C16H28N2O5S/c1-9-5-6-10(2)15(9,3)24-8-16(18,14(22)23-4)13(21)11(17)7-12(19)20/h9-11H,5-8,17-18H2,1-4H3,(H,19,20)/t9?,10?,11-,15?,16+/m0/s1. The van der Waals surface area contributed by atoms with E-state index in [9.17, 15) is 14.4 Å². The fourth-order valence-electron chi connectivity index (χ4n) is 3.14. The van der Waals surface area contributed by atoms with E-state index in [-0.39, 0.29) is 10.5 Å². The lowest BCUT2D eigenvalue weighted by Gasteiger charge is -2.36. The lowest BCUT2D eigenvalue weighted by Crippen LogP contribution is -2.63. The number of ketones is 1. The molecule has 1 saturated carbocycles. The summed E-state index contributed by atoms with van der Waals surface area (Å²) in [5, 5.41) is 8.81. The summed E-state index contributed by atoms with van der Waals surface area (Å²) in [4.78, 5) is 35.5. The highest BCUT2D eigenvalue weighted by Crippen LogP contribution is 2.50.